The summed E-state index contributed by atoms with van der Waals surface area (Å²) in [6, 6.07) is 8.60. The van der Waals surface area contributed by atoms with Crippen LogP contribution in [0, 0.1) is 0 Å². The second-order valence-electron chi connectivity index (χ2n) is 5.49. The van der Waals surface area contributed by atoms with Gasteiger partial charge in [0.25, 0.3) is 5.91 Å². The highest BCUT2D eigenvalue weighted by molar-refractivity contribution is 6.05. The number of hydrogen-bond donors (Lipinski definition) is 3. The van der Waals surface area contributed by atoms with Crippen molar-refractivity contribution in [2.45, 2.75) is 24.8 Å². The molecule has 0 bridgehead atoms. The lowest BCUT2D eigenvalue weighted by atomic mass is 9.78. The Morgan fingerprint density at radius 2 is 2.05 bits per heavy atom. The Balaban J connectivity index is 0.00000161. The van der Waals surface area contributed by atoms with Crippen LogP contribution in [-0.4, -0.2) is 23.0 Å². The van der Waals surface area contributed by atoms with E-state index in [2.05, 4.69) is 10.3 Å². The van der Waals surface area contributed by atoms with E-state index in [1.165, 1.54) is 6.07 Å². The normalized spacial score (nSPS) is 15.9. The average Bonchev–Trinajstić information content (AvgIpc) is 2.41. The topological polar surface area (TPSA) is 88.0 Å². The number of amides is 1. The lowest BCUT2D eigenvalue weighted by Gasteiger charge is -2.38. The molecule has 6 heteroatoms. The number of carbonyl (C=O) groups excluding carboxylic acids is 1. The molecule has 0 aliphatic heterocycles. The fraction of sp³-hybridized carbons (Fsp3) is 0.333. The zero-order chi connectivity index (χ0) is 14.2. The molecule has 4 N–H and O–H groups in total. The zero-order valence-corrected chi connectivity index (χ0v) is 12.3. The maximum Gasteiger partial charge on any atom is 0.252 e. The number of carbonyl (C=O) groups is 1. The van der Waals surface area contributed by atoms with Crippen molar-refractivity contribution < 1.29 is 4.79 Å². The van der Waals surface area contributed by atoms with Crippen LogP contribution in [0.1, 0.15) is 29.6 Å². The van der Waals surface area contributed by atoms with Crippen LogP contribution in [0.3, 0.4) is 0 Å². The number of nitrogens with two attached hydrogens (primary N) is 1. The van der Waals surface area contributed by atoms with E-state index in [1.54, 1.807) is 6.07 Å². The molecule has 0 radical (unpaired) electrons. The molecule has 0 spiro atoms. The van der Waals surface area contributed by atoms with Gasteiger partial charge in [-0.15, -0.1) is 12.4 Å². The van der Waals surface area contributed by atoms with Crippen molar-refractivity contribution in [1.82, 2.24) is 10.3 Å². The van der Waals surface area contributed by atoms with Crippen LogP contribution in [0.5, 0.6) is 0 Å². The van der Waals surface area contributed by atoms with Crippen molar-refractivity contribution in [2.24, 2.45) is 5.73 Å². The smallest absolute Gasteiger partial charge is 0.252 e. The predicted octanol–water partition coefficient (Wildman–Crippen LogP) is 1.56. The molecule has 1 amide bonds. The number of H-pyrrole nitrogens is 1. The average molecular weight is 308 g/mol. The van der Waals surface area contributed by atoms with Crippen molar-refractivity contribution in [3.8, 4) is 0 Å². The highest BCUT2D eigenvalue weighted by Gasteiger charge is 2.32. The molecule has 1 aromatic carbocycles. The Morgan fingerprint density at radius 1 is 1.33 bits per heavy atom. The molecule has 5 nitrogen and oxygen atoms in total. The van der Waals surface area contributed by atoms with Crippen LogP contribution >= 0.6 is 12.4 Å². The van der Waals surface area contributed by atoms with E-state index in [4.69, 9.17) is 5.73 Å². The van der Waals surface area contributed by atoms with Crippen molar-refractivity contribution >= 4 is 29.2 Å². The number of halogens is 1. The standard InChI is InChI=1S/C15H17N3O2.ClH/c16-15(6-3-7-15)9-17-14(20)11-8-13(19)18-12-5-2-1-4-10(11)12;/h1-2,4-5,8H,3,6-7,9,16H2,(H,17,20)(H,18,19);1H. The number of hydrogen-bond acceptors (Lipinski definition) is 3. The highest BCUT2D eigenvalue weighted by Crippen LogP contribution is 2.28. The van der Waals surface area contributed by atoms with E-state index >= 15 is 0 Å². The Bertz CT molecular complexity index is 722. The van der Waals surface area contributed by atoms with E-state index in [0.717, 1.165) is 24.6 Å². The van der Waals surface area contributed by atoms with Crippen molar-refractivity contribution in [3.63, 3.8) is 0 Å². The minimum atomic E-state index is -0.278. The molecule has 21 heavy (non-hydrogen) atoms. The highest BCUT2D eigenvalue weighted by atomic mass is 35.5. The first-order valence-electron chi connectivity index (χ1n) is 6.77. The van der Waals surface area contributed by atoms with Gasteiger partial charge in [-0.05, 0) is 25.3 Å². The summed E-state index contributed by atoms with van der Waals surface area (Å²) in [6.45, 7) is 0.451. The van der Waals surface area contributed by atoms with E-state index in [1.807, 2.05) is 18.2 Å². The number of benzene rings is 1. The minimum absolute atomic E-state index is 0. The van der Waals surface area contributed by atoms with Crippen LogP contribution in [0.2, 0.25) is 0 Å². The van der Waals surface area contributed by atoms with Gasteiger partial charge in [0, 0.05) is 29.1 Å². The molecular formula is C15H18ClN3O2. The predicted molar refractivity (Wildman–Crippen MR) is 84.9 cm³/mol. The van der Waals surface area contributed by atoms with Gasteiger partial charge in [0.15, 0.2) is 0 Å². The van der Waals surface area contributed by atoms with Crippen molar-refractivity contribution in [1.29, 1.82) is 0 Å². The van der Waals surface area contributed by atoms with Crippen LogP contribution < -0.4 is 16.6 Å². The minimum Gasteiger partial charge on any atom is -0.350 e. The SMILES string of the molecule is Cl.NC1(CNC(=O)c2cc(=O)[nH]c3ccccc23)CCC1. The summed E-state index contributed by atoms with van der Waals surface area (Å²) >= 11 is 0. The molecule has 3 rings (SSSR count). The third-order valence-corrected chi connectivity index (χ3v) is 3.95. The van der Waals surface area contributed by atoms with E-state index < -0.39 is 0 Å². The monoisotopic (exact) mass is 307 g/mol. The number of aromatic amines is 1. The summed E-state index contributed by atoms with van der Waals surface area (Å²) in [4.78, 5) is 26.6. The lowest BCUT2D eigenvalue weighted by Crippen LogP contribution is -2.55. The van der Waals surface area contributed by atoms with Gasteiger partial charge in [0.1, 0.15) is 0 Å². The largest absolute Gasteiger partial charge is 0.350 e. The van der Waals surface area contributed by atoms with E-state index in [0.29, 0.717) is 17.6 Å². The van der Waals surface area contributed by atoms with Gasteiger partial charge in [-0.3, -0.25) is 9.59 Å². The van der Waals surface area contributed by atoms with E-state index in [-0.39, 0.29) is 29.4 Å². The van der Waals surface area contributed by atoms with Crippen LogP contribution in [0.25, 0.3) is 10.9 Å². The quantitative estimate of drug-likeness (QED) is 0.804. The first-order chi connectivity index (χ1) is 9.57. The zero-order valence-electron chi connectivity index (χ0n) is 11.5. The fourth-order valence-electron chi connectivity index (χ4n) is 2.55. The van der Waals surface area contributed by atoms with Crippen molar-refractivity contribution in [3.05, 3.63) is 46.2 Å². The van der Waals surface area contributed by atoms with E-state index in [9.17, 15) is 9.59 Å². The second kappa shape index (κ2) is 5.87. The first kappa shape index (κ1) is 15.5. The summed E-state index contributed by atoms with van der Waals surface area (Å²) in [5.41, 5.74) is 6.60. The maximum atomic E-state index is 12.3. The number of nitrogens with one attached hydrogen (secondary N) is 2. The summed E-state index contributed by atoms with van der Waals surface area (Å²) in [6.07, 6.45) is 2.98. The van der Waals surface area contributed by atoms with Crippen LogP contribution in [0.15, 0.2) is 35.1 Å². The molecule has 0 saturated heterocycles. The third-order valence-electron chi connectivity index (χ3n) is 3.95. The molecule has 1 fully saturated rings. The van der Waals surface area contributed by atoms with Crippen LogP contribution in [0.4, 0.5) is 0 Å². The van der Waals surface area contributed by atoms with Gasteiger partial charge in [-0.2, -0.15) is 0 Å². The molecule has 2 aromatic rings. The number of rotatable bonds is 3. The molecular weight excluding hydrogens is 290 g/mol. The maximum absolute atomic E-state index is 12.3. The van der Waals surface area contributed by atoms with Gasteiger partial charge in [-0.25, -0.2) is 0 Å². The van der Waals surface area contributed by atoms with Crippen molar-refractivity contribution in [2.75, 3.05) is 6.54 Å². The Labute approximate surface area is 128 Å². The summed E-state index contributed by atoms with van der Waals surface area (Å²) < 4.78 is 0. The van der Waals surface area contributed by atoms with Gasteiger partial charge >= 0.3 is 0 Å². The third kappa shape index (κ3) is 3.09. The first-order valence-corrected chi connectivity index (χ1v) is 6.77. The molecule has 112 valence electrons. The van der Waals surface area contributed by atoms with Gasteiger partial charge in [-0.1, -0.05) is 18.2 Å². The van der Waals surface area contributed by atoms with Gasteiger partial charge < -0.3 is 16.0 Å². The Morgan fingerprint density at radius 3 is 2.71 bits per heavy atom. The number of pyridine rings is 1. The summed E-state index contributed by atoms with van der Waals surface area (Å²) in [7, 11) is 0. The number of aromatic nitrogens is 1. The molecule has 1 aromatic heterocycles. The number of fused-ring (bicyclic) bond motifs is 1. The molecule has 1 aliphatic rings. The number of para-hydroxylation sites is 1. The molecule has 1 saturated carbocycles. The molecule has 1 heterocycles. The Kier molecular flexibility index (Phi) is 4.34. The second-order valence-corrected chi connectivity index (χ2v) is 5.49. The van der Waals surface area contributed by atoms with Crippen LogP contribution in [-0.2, 0) is 0 Å². The van der Waals surface area contributed by atoms with Gasteiger partial charge in [0.2, 0.25) is 5.56 Å². The lowest BCUT2D eigenvalue weighted by molar-refractivity contribution is 0.0931. The fourth-order valence-corrected chi connectivity index (χ4v) is 2.55. The molecule has 0 unspecified atom stereocenters. The molecule has 0 atom stereocenters. The van der Waals surface area contributed by atoms with Gasteiger partial charge in [0.05, 0.1) is 5.56 Å². The Hall–Kier alpha value is -1.85. The summed E-state index contributed by atoms with van der Waals surface area (Å²) in [5.74, 6) is -0.246. The summed E-state index contributed by atoms with van der Waals surface area (Å²) in [5, 5.41) is 3.58. The molecule has 1 aliphatic carbocycles.